The van der Waals surface area contributed by atoms with Gasteiger partial charge in [0.2, 0.25) is 5.82 Å². The zero-order valence-electron chi connectivity index (χ0n) is 20.6. The molecule has 2 aliphatic heterocycles. The molecule has 1 aliphatic carbocycles. The highest BCUT2D eigenvalue weighted by Crippen LogP contribution is 2.40. The standard InChI is InChI=1S/C24H32N6O6S/c1-37(35,36)19-6-4-15(5-7-19)22-26-28-30(27-22)18-10-21(24(33)34)29(13-18)12-14-2-3-16-11-25-20(23(31)32)9-17(16)8-14/h4-7,14,16-18,20-21,25H,2-3,8-13H2,1H3,(H,31,32)(H,33,34). The molecule has 13 heteroatoms. The van der Waals surface area contributed by atoms with Crippen LogP contribution in [0.2, 0.25) is 0 Å². The fourth-order valence-electron chi connectivity index (χ4n) is 6.20. The van der Waals surface area contributed by atoms with Gasteiger partial charge in [-0.3, -0.25) is 14.5 Å². The molecule has 3 heterocycles. The van der Waals surface area contributed by atoms with Gasteiger partial charge < -0.3 is 15.5 Å². The van der Waals surface area contributed by atoms with Crippen molar-refractivity contribution in [1.82, 2.24) is 30.4 Å². The Bertz CT molecular complexity index is 1260. The number of carboxylic acid groups (broad SMARTS) is 2. The number of piperidine rings is 1. The van der Waals surface area contributed by atoms with Crippen LogP contribution in [0.1, 0.15) is 38.1 Å². The SMILES string of the molecule is CS(=O)(=O)c1ccc(-c2nnn(C3CC(C(=O)O)N(CC4CCC5CNC(C(=O)O)CC5C4)C3)n2)cc1. The highest BCUT2D eigenvalue weighted by molar-refractivity contribution is 7.90. The number of aliphatic carboxylic acids is 2. The summed E-state index contributed by atoms with van der Waals surface area (Å²) in [7, 11) is -3.31. The summed E-state index contributed by atoms with van der Waals surface area (Å²) in [6, 6.07) is 4.86. The molecule has 1 aromatic carbocycles. The number of tetrazole rings is 1. The Balaban J connectivity index is 1.25. The topological polar surface area (TPSA) is 168 Å². The molecule has 0 amide bonds. The molecule has 12 nitrogen and oxygen atoms in total. The monoisotopic (exact) mass is 532 g/mol. The molecule has 200 valence electrons. The van der Waals surface area contributed by atoms with E-state index in [-0.39, 0.29) is 10.9 Å². The Morgan fingerprint density at radius 1 is 1.05 bits per heavy atom. The number of aromatic nitrogens is 4. The Morgan fingerprint density at radius 3 is 2.49 bits per heavy atom. The molecule has 5 rings (SSSR count). The molecule has 3 fully saturated rings. The Morgan fingerprint density at radius 2 is 1.81 bits per heavy atom. The van der Waals surface area contributed by atoms with Crippen LogP contribution in [-0.4, -0.2) is 93.7 Å². The van der Waals surface area contributed by atoms with E-state index in [1.807, 2.05) is 4.90 Å². The van der Waals surface area contributed by atoms with E-state index in [2.05, 4.69) is 20.7 Å². The minimum atomic E-state index is -3.31. The number of hydrogen-bond donors (Lipinski definition) is 3. The Hall–Kier alpha value is -2.90. The first kappa shape index (κ1) is 25.7. The predicted molar refractivity (Wildman–Crippen MR) is 131 cm³/mol. The summed E-state index contributed by atoms with van der Waals surface area (Å²) in [6.45, 7) is 1.87. The summed E-state index contributed by atoms with van der Waals surface area (Å²) in [5.41, 5.74) is 0.627. The fraction of sp³-hybridized carbons (Fsp3) is 0.625. The van der Waals surface area contributed by atoms with E-state index in [4.69, 9.17) is 0 Å². The lowest BCUT2D eigenvalue weighted by atomic mass is 9.69. The van der Waals surface area contributed by atoms with Crippen LogP contribution in [0.3, 0.4) is 0 Å². The summed E-state index contributed by atoms with van der Waals surface area (Å²) < 4.78 is 23.4. The first-order chi connectivity index (χ1) is 17.6. The van der Waals surface area contributed by atoms with Crippen LogP contribution in [0.25, 0.3) is 11.4 Å². The van der Waals surface area contributed by atoms with Gasteiger partial charge in [0.15, 0.2) is 9.84 Å². The van der Waals surface area contributed by atoms with Gasteiger partial charge >= 0.3 is 11.9 Å². The van der Waals surface area contributed by atoms with Gasteiger partial charge in [0.25, 0.3) is 0 Å². The average molecular weight is 533 g/mol. The van der Waals surface area contributed by atoms with E-state index < -0.39 is 33.9 Å². The lowest BCUT2D eigenvalue weighted by molar-refractivity contribution is -0.143. The van der Waals surface area contributed by atoms with Gasteiger partial charge in [-0.05, 0) is 85.9 Å². The second kappa shape index (κ2) is 10.1. The van der Waals surface area contributed by atoms with Crippen molar-refractivity contribution in [3.05, 3.63) is 24.3 Å². The van der Waals surface area contributed by atoms with Gasteiger partial charge in [0.05, 0.1) is 10.9 Å². The zero-order chi connectivity index (χ0) is 26.3. The lowest BCUT2D eigenvalue weighted by Crippen LogP contribution is -2.50. The van der Waals surface area contributed by atoms with Crippen molar-refractivity contribution in [2.45, 2.75) is 55.1 Å². The number of benzene rings is 1. The molecule has 0 spiro atoms. The van der Waals surface area contributed by atoms with Crippen LogP contribution in [-0.2, 0) is 19.4 Å². The molecule has 1 saturated carbocycles. The first-order valence-electron chi connectivity index (χ1n) is 12.6. The zero-order valence-corrected chi connectivity index (χ0v) is 21.4. The van der Waals surface area contributed by atoms with Gasteiger partial charge in [-0.15, -0.1) is 10.2 Å². The molecular formula is C24H32N6O6S. The number of hydrogen-bond acceptors (Lipinski definition) is 9. The van der Waals surface area contributed by atoms with Crippen LogP contribution in [0.4, 0.5) is 0 Å². The number of nitrogens with one attached hydrogen (secondary N) is 1. The third-order valence-corrected chi connectivity index (χ3v) is 9.29. The second-order valence-corrected chi connectivity index (χ2v) is 12.7. The number of carbonyl (C=O) groups is 2. The number of carboxylic acids is 2. The highest BCUT2D eigenvalue weighted by Gasteiger charge is 2.42. The molecule has 6 unspecified atom stereocenters. The molecule has 0 radical (unpaired) electrons. The summed E-state index contributed by atoms with van der Waals surface area (Å²) in [4.78, 5) is 27.2. The molecule has 3 N–H and O–H groups in total. The number of rotatable bonds is 7. The van der Waals surface area contributed by atoms with Crippen LogP contribution in [0.5, 0.6) is 0 Å². The smallest absolute Gasteiger partial charge is 0.321 e. The van der Waals surface area contributed by atoms with Crippen molar-refractivity contribution in [3.8, 4) is 11.4 Å². The number of sulfone groups is 1. The fourth-order valence-corrected chi connectivity index (χ4v) is 6.83. The predicted octanol–water partition coefficient (Wildman–Crippen LogP) is 0.923. The summed E-state index contributed by atoms with van der Waals surface area (Å²) >= 11 is 0. The molecule has 1 aromatic heterocycles. The molecule has 2 aromatic rings. The van der Waals surface area contributed by atoms with E-state index in [0.717, 1.165) is 32.1 Å². The van der Waals surface area contributed by atoms with Crippen molar-refractivity contribution in [1.29, 1.82) is 0 Å². The molecule has 37 heavy (non-hydrogen) atoms. The third-order valence-electron chi connectivity index (χ3n) is 8.17. The van der Waals surface area contributed by atoms with Gasteiger partial charge in [0, 0.05) is 24.9 Å². The maximum absolute atomic E-state index is 12.1. The highest BCUT2D eigenvalue weighted by atomic mass is 32.2. The van der Waals surface area contributed by atoms with Crippen LogP contribution in [0.15, 0.2) is 29.2 Å². The van der Waals surface area contributed by atoms with Crippen molar-refractivity contribution < 1.29 is 28.2 Å². The number of nitrogens with zero attached hydrogens (tertiary/aromatic N) is 5. The Labute approximate surface area is 215 Å². The van der Waals surface area contributed by atoms with Crippen molar-refractivity contribution in [3.63, 3.8) is 0 Å². The lowest BCUT2D eigenvalue weighted by Gasteiger charge is -2.42. The number of likely N-dealkylation sites (tertiary alicyclic amines) is 1. The molecule has 3 aliphatic rings. The largest absolute Gasteiger partial charge is 0.480 e. The number of fused-ring (bicyclic) bond motifs is 1. The van der Waals surface area contributed by atoms with Gasteiger partial charge in [-0.1, -0.05) is 0 Å². The van der Waals surface area contributed by atoms with E-state index in [9.17, 15) is 28.2 Å². The molecule has 2 saturated heterocycles. The summed E-state index contributed by atoms with van der Waals surface area (Å²) in [5, 5.41) is 35.2. The molecule has 6 atom stereocenters. The maximum Gasteiger partial charge on any atom is 0.321 e. The third kappa shape index (κ3) is 5.53. The second-order valence-electron chi connectivity index (χ2n) is 10.7. The van der Waals surface area contributed by atoms with E-state index in [1.165, 1.54) is 16.9 Å². The van der Waals surface area contributed by atoms with E-state index in [1.54, 1.807) is 12.1 Å². The normalized spacial score (nSPS) is 30.6. The maximum atomic E-state index is 12.1. The van der Waals surface area contributed by atoms with Gasteiger partial charge in [0.1, 0.15) is 12.1 Å². The molecular weight excluding hydrogens is 500 g/mol. The van der Waals surface area contributed by atoms with Crippen LogP contribution >= 0.6 is 0 Å². The van der Waals surface area contributed by atoms with Crippen molar-refractivity contribution in [2.24, 2.45) is 17.8 Å². The van der Waals surface area contributed by atoms with E-state index >= 15 is 0 Å². The quantitative estimate of drug-likeness (QED) is 0.464. The minimum Gasteiger partial charge on any atom is -0.480 e. The van der Waals surface area contributed by atoms with E-state index in [0.29, 0.717) is 55.1 Å². The summed E-state index contributed by atoms with van der Waals surface area (Å²) in [6.07, 6.45) is 5.07. The Kier molecular flexibility index (Phi) is 7.03. The summed E-state index contributed by atoms with van der Waals surface area (Å²) in [5.74, 6) is -0.181. The van der Waals surface area contributed by atoms with Gasteiger partial charge in [-0.2, -0.15) is 4.80 Å². The first-order valence-corrected chi connectivity index (χ1v) is 14.5. The molecule has 0 bridgehead atoms. The van der Waals surface area contributed by atoms with Crippen molar-refractivity contribution >= 4 is 21.8 Å². The average Bonchev–Trinajstić information content (AvgIpc) is 3.51. The van der Waals surface area contributed by atoms with Crippen LogP contribution < -0.4 is 5.32 Å². The van der Waals surface area contributed by atoms with Gasteiger partial charge in [-0.25, -0.2) is 8.42 Å². The minimum absolute atomic E-state index is 0.205. The van der Waals surface area contributed by atoms with Crippen molar-refractivity contribution in [2.75, 3.05) is 25.9 Å². The van der Waals surface area contributed by atoms with Crippen LogP contribution in [0, 0.1) is 17.8 Å².